The summed E-state index contributed by atoms with van der Waals surface area (Å²) in [7, 11) is 0. The highest BCUT2D eigenvalue weighted by atomic mass is 15.1. The number of hydrogen-bond acceptors (Lipinski definition) is 1. The number of imidazole rings is 1. The highest BCUT2D eigenvalue weighted by Crippen LogP contribution is 2.45. The monoisotopic (exact) mass is 552 g/mol. The molecule has 0 spiro atoms. The first-order valence-electron chi connectivity index (χ1n) is 21.1. The van der Waals surface area contributed by atoms with E-state index in [1.807, 2.05) is 0 Å². The maximum atomic E-state index is 9.35. The predicted molar refractivity (Wildman–Crippen MR) is 177 cm³/mol. The molecule has 0 aliphatic carbocycles. The molecule has 0 amide bonds. The lowest BCUT2D eigenvalue weighted by Crippen LogP contribution is -2.00. The quantitative estimate of drug-likeness (QED) is 0.199. The van der Waals surface area contributed by atoms with E-state index in [9.17, 15) is 5.48 Å². The van der Waals surface area contributed by atoms with Crippen molar-refractivity contribution in [3.05, 3.63) is 157 Å². The molecule has 0 fully saturated rings. The van der Waals surface area contributed by atoms with Crippen molar-refractivity contribution >= 4 is 32.6 Å². The number of aromatic nitrogens is 2. The molecule has 1 heterocycles. The number of nitrogens with zero attached hydrogens (tertiary/aromatic N) is 2. The summed E-state index contributed by atoms with van der Waals surface area (Å²) in [5.41, 5.74) is 1.64. The van der Waals surface area contributed by atoms with Crippen LogP contribution in [0.25, 0.3) is 71.6 Å². The van der Waals surface area contributed by atoms with Gasteiger partial charge >= 0.3 is 0 Å². The lowest BCUT2D eigenvalue weighted by Gasteiger charge is -2.20. The molecule has 0 aliphatic rings. The molecule has 0 saturated heterocycles. The molecule has 198 valence electrons. The van der Waals surface area contributed by atoms with E-state index in [-0.39, 0.29) is 66.4 Å². The smallest absolute Gasteiger partial charge is 0.111 e. The van der Waals surface area contributed by atoms with Crippen LogP contribution < -0.4 is 0 Å². The van der Waals surface area contributed by atoms with Gasteiger partial charge in [0.1, 0.15) is 5.82 Å². The van der Waals surface area contributed by atoms with Gasteiger partial charge in [0.05, 0.1) is 34.5 Å². The molecule has 8 rings (SSSR count). The fraction of sp³-hybridized carbons (Fsp3) is 0.0250. The van der Waals surface area contributed by atoms with E-state index in [0.29, 0.717) is 11.0 Å². The Morgan fingerprint density at radius 1 is 0.548 bits per heavy atom. The van der Waals surface area contributed by atoms with E-state index >= 15 is 0 Å². The minimum atomic E-state index is -2.73. The van der Waals surface area contributed by atoms with Gasteiger partial charge in [-0.1, -0.05) is 133 Å². The lowest BCUT2D eigenvalue weighted by atomic mass is 9.85. The molecule has 1 aromatic heterocycles. The molecule has 2 heteroatoms. The average Bonchev–Trinajstić information content (AvgIpc) is 3.62. The number of rotatable bonds is 4. The predicted octanol–water partition coefficient (Wildman–Crippen LogP) is 10.6. The van der Waals surface area contributed by atoms with Gasteiger partial charge in [-0.15, -0.1) is 0 Å². The van der Waals surface area contributed by atoms with Crippen LogP contribution in [0.4, 0.5) is 0 Å². The van der Waals surface area contributed by atoms with Gasteiger partial charge in [0.15, 0.2) is 0 Å². The Bertz CT molecular complexity index is 2970. The van der Waals surface area contributed by atoms with E-state index in [1.54, 1.807) is 48.5 Å². The second kappa shape index (κ2) is 9.87. The maximum Gasteiger partial charge on any atom is 0.111 e. The molecular weight excluding hydrogens is 508 g/mol. The zero-order chi connectivity index (χ0) is 41.9. The third kappa shape index (κ3) is 3.84. The summed E-state index contributed by atoms with van der Waals surface area (Å²) in [5, 5.41) is -0.369. The van der Waals surface area contributed by atoms with Crippen molar-refractivity contribution in [2.45, 2.75) is 6.85 Å². The first-order chi connectivity index (χ1) is 27.4. The second-order valence-corrected chi connectivity index (χ2v) is 9.60. The van der Waals surface area contributed by atoms with Crippen LogP contribution in [0, 0.1) is 6.85 Å². The number of hydrogen-bond donors (Lipinski definition) is 0. The fourth-order valence-corrected chi connectivity index (χ4v) is 5.53. The van der Waals surface area contributed by atoms with Crippen molar-refractivity contribution in [3.8, 4) is 39.1 Å². The van der Waals surface area contributed by atoms with Gasteiger partial charge in [0.25, 0.3) is 0 Å². The van der Waals surface area contributed by atoms with Crippen molar-refractivity contribution < 1.29 is 21.9 Å². The highest BCUT2D eigenvalue weighted by Gasteiger charge is 2.20. The van der Waals surface area contributed by atoms with Gasteiger partial charge in [-0.2, -0.15) is 0 Å². The Morgan fingerprint density at radius 3 is 1.81 bits per heavy atom. The lowest BCUT2D eigenvalue weighted by molar-refractivity contribution is 1.00. The molecule has 0 unspecified atom stereocenters. The summed E-state index contributed by atoms with van der Waals surface area (Å²) in [6.45, 7) is -2.73. The summed E-state index contributed by atoms with van der Waals surface area (Å²) in [6.07, 6.45) is 0. The Balaban J connectivity index is 1.57. The molecule has 42 heavy (non-hydrogen) atoms. The van der Waals surface area contributed by atoms with Crippen LogP contribution in [0.3, 0.4) is 0 Å². The van der Waals surface area contributed by atoms with Gasteiger partial charge in [-0.05, 0) is 74.4 Å². The summed E-state index contributed by atoms with van der Waals surface area (Å²) in [6, 6.07) is 12.2. The van der Waals surface area contributed by atoms with Crippen molar-refractivity contribution in [1.29, 1.82) is 0 Å². The van der Waals surface area contributed by atoms with E-state index in [2.05, 4.69) is 4.98 Å². The first-order valence-corrected chi connectivity index (χ1v) is 13.1. The van der Waals surface area contributed by atoms with Gasteiger partial charge in [0.2, 0.25) is 0 Å². The van der Waals surface area contributed by atoms with E-state index < -0.39 is 85.4 Å². The Kier molecular flexibility index (Phi) is 3.06. The summed E-state index contributed by atoms with van der Waals surface area (Å²) in [4.78, 5) is 4.45. The van der Waals surface area contributed by atoms with Crippen molar-refractivity contribution in [2.75, 3.05) is 0 Å². The van der Waals surface area contributed by atoms with Crippen molar-refractivity contribution in [2.24, 2.45) is 0 Å². The molecule has 2 nitrogen and oxygen atoms in total. The largest absolute Gasteiger partial charge is 0.296 e. The SMILES string of the molecule is [2H]c1c([2H])c([2H])c(-c2ccc(-c3c4c([2H])c([2H])c([2H])c([2H])c4c(-c4ccccc4-n4c(C([2H])([2H])[2H])nc5ccccc54)c4c([2H])c([2H])c([2H])c([2H])c34)cc2)c([2H])c1[2H]. The summed E-state index contributed by atoms with van der Waals surface area (Å²) >= 11 is 0. The molecule has 8 aromatic rings. The molecule has 0 saturated carbocycles. The Morgan fingerprint density at radius 2 is 1.12 bits per heavy atom. The van der Waals surface area contributed by atoms with Crippen molar-refractivity contribution in [1.82, 2.24) is 9.55 Å². The average molecular weight is 553 g/mol. The van der Waals surface area contributed by atoms with Gasteiger partial charge in [-0.25, -0.2) is 4.98 Å². The zero-order valence-corrected chi connectivity index (χ0v) is 21.8. The van der Waals surface area contributed by atoms with Crippen LogP contribution in [0.15, 0.2) is 151 Å². The fourth-order valence-electron chi connectivity index (χ4n) is 5.53. The molecule has 0 N–H and O–H groups in total. The second-order valence-electron chi connectivity index (χ2n) is 9.60. The molecular formula is C40H28N2. The minimum absolute atomic E-state index is 0.00775. The molecule has 0 radical (unpaired) electrons. The van der Waals surface area contributed by atoms with Crippen LogP contribution in [0.1, 0.15) is 27.8 Å². The number of aryl methyl sites for hydroxylation is 1. The minimum Gasteiger partial charge on any atom is -0.296 e. The number of fused-ring (bicyclic) bond motifs is 3. The van der Waals surface area contributed by atoms with Crippen LogP contribution >= 0.6 is 0 Å². The number of benzene rings is 7. The molecule has 0 atom stereocenters. The maximum absolute atomic E-state index is 9.35. The van der Waals surface area contributed by atoms with E-state index in [4.69, 9.17) is 16.4 Å². The zero-order valence-electron chi connectivity index (χ0n) is 37.8. The van der Waals surface area contributed by atoms with Gasteiger partial charge in [-0.3, -0.25) is 4.57 Å². The van der Waals surface area contributed by atoms with Gasteiger partial charge < -0.3 is 0 Å². The highest BCUT2D eigenvalue weighted by molar-refractivity contribution is 6.22. The van der Waals surface area contributed by atoms with E-state index in [0.717, 1.165) is 0 Å². The van der Waals surface area contributed by atoms with E-state index in [1.165, 1.54) is 28.8 Å². The summed E-state index contributed by atoms with van der Waals surface area (Å²) in [5.74, 6) is -0.297. The summed E-state index contributed by atoms with van der Waals surface area (Å²) < 4.78 is 140. The molecule has 7 aromatic carbocycles. The topological polar surface area (TPSA) is 17.8 Å². The normalized spacial score (nSPS) is 17.1. The van der Waals surface area contributed by atoms with Gasteiger partial charge in [0, 0.05) is 9.68 Å². The number of para-hydroxylation sites is 3. The van der Waals surface area contributed by atoms with Crippen LogP contribution in [-0.4, -0.2) is 9.55 Å². The third-order valence-electron chi connectivity index (χ3n) is 7.31. The molecule has 0 aliphatic heterocycles. The Hall–Kier alpha value is -5.47. The Labute approximate surface area is 267 Å². The van der Waals surface area contributed by atoms with Crippen LogP contribution in [0.2, 0.25) is 0 Å². The molecule has 0 bridgehead atoms. The third-order valence-corrected chi connectivity index (χ3v) is 7.31. The van der Waals surface area contributed by atoms with Crippen LogP contribution in [0.5, 0.6) is 0 Å². The standard InChI is InChI=1S/C40H28N2/c1-27-41-36-20-10-12-22-38(36)42(27)37-21-11-9-19-35(37)40-33-17-7-5-15-31(33)39(32-16-6-8-18-34(32)40)30-25-23-29(24-26-30)28-13-3-2-4-14-28/h2-26H,1H3/i1D3,2D,3D,4D,5D,6D,7D,8D,13D,14D,15D,16D,17D,18D. The first kappa shape index (κ1) is 13.0. The van der Waals surface area contributed by atoms with Crippen LogP contribution in [-0.2, 0) is 0 Å². The van der Waals surface area contributed by atoms with Crippen molar-refractivity contribution in [3.63, 3.8) is 0 Å².